The lowest BCUT2D eigenvalue weighted by Crippen LogP contribution is -2.41. The number of hydrogen-bond acceptors (Lipinski definition) is 4. The monoisotopic (exact) mass is 338 g/mol. The molecule has 3 rings (SSSR count). The number of nitrogens with zero attached hydrogens (tertiary/aromatic N) is 2. The summed E-state index contributed by atoms with van der Waals surface area (Å²) in [7, 11) is 0. The van der Waals surface area contributed by atoms with Crippen molar-refractivity contribution in [2.24, 2.45) is 0 Å². The zero-order valence-corrected chi connectivity index (χ0v) is 13.2. The molecule has 122 valence electrons. The van der Waals surface area contributed by atoms with Gasteiger partial charge in [0.1, 0.15) is 10.8 Å². The summed E-state index contributed by atoms with van der Waals surface area (Å²) in [5.41, 5.74) is 0. The van der Waals surface area contributed by atoms with Crippen LogP contribution in [0, 0.1) is 11.6 Å². The Balaban J connectivity index is 1.66. The summed E-state index contributed by atoms with van der Waals surface area (Å²) in [6.07, 6.45) is 4.56. The molecule has 1 aliphatic heterocycles. The van der Waals surface area contributed by atoms with Crippen molar-refractivity contribution < 1.29 is 18.3 Å². The fourth-order valence-electron chi connectivity index (χ4n) is 2.70. The van der Waals surface area contributed by atoms with Gasteiger partial charge >= 0.3 is 0 Å². The number of rotatable bonds is 4. The summed E-state index contributed by atoms with van der Waals surface area (Å²) >= 11 is 1.52. The van der Waals surface area contributed by atoms with E-state index in [-0.39, 0.29) is 24.3 Å². The predicted octanol–water partition coefficient (Wildman–Crippen LogP) is 3.55. The van der Waals surface area contributed by atoms with E-state index in [9.17, 15) is 13.6 Å². The summed E-state index contributed by atoms with van der Waals surface area (Å²) in [4.78, 5) is 18.5. The van der Waals surface area contributed by atoms with Crippen molar-refractivity contribution in [3.05, 3.63) is 46.4 Å². The van der Waals surface area contributed by atoms with Gasteiger partial charge in [0.15, 0.2) is 18.2 Å². The van der Waals surface area contributed by atoms with Crippen molar-refractivity contribution in [1.29, 1.82) is 0 Å². The normalized spacial score (nSPS) is 18.0. The molecule has 1 amide bonds. The quantitative estimate of drug-likeness (QED) is 0.856. The van der Waals surface area contributed by atoms with Crippen molar-refractivity contribution in [2.45, 2.75) is 25.3 Å². The molecule has 1 saturated heterocycles. The van der Waals surface area contributed by atoms with Gasteiger partial charge in [-0.3, -0.25) is 4.79 Å². The van der Waals surface area contributed by atoms with Gasteiger partial charge in [-0.2, -0.15) is 0 Å². The SMILES string of the molecule is O=C(COc1ccc(F)cc1F)N1CCCCC1c1nccs1. The van der Waals surface area contributed by atoms with Crippen LogP contribution in [0.3, 0.4) is 0 Å². The molecule has 0 radical (unpaired) electrons. The molecule has 1 unspecified atom stereocenters. The lowest BCUT2D eigenvalue weighted by atomic mass is 10.0. The lowest BCUT2D eigenvalue weighted by molar-refractivity contribution is -0.137. The van der Waals surface area contributed by atoms with Crippen LogP contribution >= 0.6 is 11.3 Å². The standard InChI is InChI=1S/C16H16F2N2O2S/c17-11-4-5-14(12(18)9-11)22-10-15(21)20-7-2-1-3-13(20)16-19-6-8-23-16/h4-6,8-9,13H,1-3,7,10H2. The molecule has 2 aromatic rings. The molecule has 0 aliphatic carbocycles. The van der Waals surface area contributed by atoms with E-state index in [0.29, 0.717) is 6.54 Å². The summed E-state index contributed by atoms with van der Waals surface area (Å²) in [6.45, 7) is 0.364. The Bertz CT molecular complexity index is 679. The minimum Gasteiger partial charge on any atom is -0.481 e. The van der Waals surface area contributed by atoms with Crippen molar-refractivity contribution in [3.63, 3.8) is 0 Å². The van der Waals surface area contributed by atoms with Crippen LogP contribution in [0.4, 0.5) is 8.78 Å². The number of halogens is 2. The van der Waals surface area contributed by atoms with E-state index in [0.717, 1.165) is 36.4 Å². The van der Waals surface area contributed by atoms with E-state index >= 15 is 0 Å². The Labute approximate surface area is 136 Å². The van der Waals surface area contributed by atoms with Gasteiger partial charge in [-0.1, -0.05) is 0 Å². The molecule has 1 atom stereocenters. The molecule has 1 aromatic carbocycles. The molecular weight excluding hydrogens is 322 g/mol. The number of amides is 1. The second-order valence-corrected chi connectivity index (χ2v) is 6.26. The third-order valence-electron chi connectivity index (χ3n) is 3.80. The second-order valence-electron chi connectivity index (χ2n) is 5.33. The number of piperidine rings is 1. The first-order valence-corrected chi connectivity index (χ1v) is 8.30. The Morgan fingerprint density at radius 2 is 2.26 bits per heavy atom. The minimum absolute atomic E-state index is 0.0436. The zero-order valence-electron chi connectivity index (χ0n) is 12.4. The van der Waals surface area contributed by atoms with Crippen LogP contribution in [0.1, 0.15) is 30.3 Å². The fraction of sp³-hybridized carbons (Fsp3) is 0.375. The Kier molecular flexibility index (Phi) is 4.85. The third-order valence-corrected chi connectivity index (χ3v) is 4.68. The summed E-state index contributed by atoms with van der Waals surface area (Å²) in [5.74, 6) is -1.83. The first-order valence-electron chi connectivity index (χ1n) is 7.42. The number of aromatic nitrogens is 1. The van der Waals surface area contributed by atoms with Gasteiger partial charge in [0.05, 0.1) is 6.04 Å². The van der Waals surface area contributed by atoms with Gasteiger partial charge in [-0.05, 0) is 31.4 Å². The maximum Gasteiger partial charge on any atom is 0.261 e. The van der Waals surface area contributed by atoms with Crippen molar-refractivity contribution in [2.75, 3.05) is 13.2 Å². The number of likely N-dealkylation sites (tertiary alicyclic amines) is 1. The highest BCUT2D eigenvalue weighted by Gasteiger charge is 2.29. The van der Waals surface area contributed by atoms with Gasteiger partial charge in [-0.15, -0.1) is 11.3 Å². The Morgan fingerprint density at radius 1 is 1.39 bits per heavy atom. The molecule has 23 heavy (non-hydrogen) atoms. The average molecular weight is 338 g/mol. The summed E-state index contributed by atoms with van der Waals surface area (Å²) < 4.78 is 31.6. The fourth-order valence-corrected chi connectivity index (χ4v) is 3.49. The molecule has 4 nitrogen and oxygen atoms in total. The number of benzene rings is 1. The van der Waals surface area contributed by atoms with Crippen LogP contribution < -0.4 is 4.74 Å². The Morgan fingerprint density at radius 3 is 3.00 bits per heavy atom. The molecule has 0 saturated carbocycles. The molecule has 1 fully saturated rings. The second kappa shape index (κ2) is 7.04. The number of thiazole rings is 1. The van der Waals surface area contributed by atoms with Gasteiger partial charge in [0, 0.05) is 24.2 Å². The molecular formula is C16H16F2N2O2S. The molecule has 0 bridgehead atoms. The van der Waals surface area contributed by atoms with E-state index in [1.807, 2.05) is 5.38 Å². The lowest BCUT2D eigenvalue weighted by Gasteiger charge is -2.34. The topological polar surface area (TPSA) is 42.4 Å². The van der Waals surface area contributed by atoms with Crippen molar-refractivity contribution in [1.82, 2.24) is 9.88 Å². The zero-order chi connectivity index (χ0) is 16.2. The number of hydrogen-bond donors (Lipinski definition) is 0. The highest BCUT2D eigenvalue weighted by molar-refractivity contribution is 7.09. The van der Waals surface area contributed by atoms with E-state index in [1.54, 1.807) is 11.1 Å². The minimum atomic E-state index is -0.812. The number of ether oxygens (including phenoxy) is 1. The maximum absolute atomic E-state index is 13.5. The van der Waals surface area contributed by atoms with Gasteiger partial charge in [0.25, 0.3) is 5.91 Å². The predicted molar refractivity (Wildman–Crippen MR) is 82.3 cm³/mol. The van der Waals surface area contributed by atoms with Crippen LogP contribution in [0.15, 0.2) is 29.8 Å². The van der Waals surface area contributed by atoms with Gasteiger partial charge < -0.3 is 9.64 Å². The molecule has 1 aromatic heterocycles. The molecule has 2 heterocycles. The van der Waals surface area contributed by atoms with Crippen LogP contribution in [-0.2, 0) is 4.79 Å². The van der Waals surface area contributed by atoms with Crippen molar-refractivity contribution >= 4 is 17.2 Å². The number of carbonyl (C=O) groups is 1. The van der Waals surface area contributed by atoms with Crippen LogP contribution in [-0.4, -0.2) is 28.9 Å². The maximum atomic E-state index is 13.5. The molecule has 1 aliphatic rings. The van der Waals surface area contributed by atoms with Gasteiger partial charge in [0.2, 0.25) is 0 Å². The van der Waals surface area contributed by atoms with Crippen LogP contribution in [0.5, 0.6) is 5.75 Å². The first kappa shape index (κ1) is 15.9. The first-order chi connectivity index (χ1) is 11.1. The highest BCUT2D eigenvalue weighted by Crippen LogP contribution is 2.32. The van der Waals surface area contributed by atoms with Crippen LogP contribution in [0.25, 0.3) is 0 Å². The number of carbonyl (C=O) groups excluding carboxylic acids is 1. The smallest absolute Gasteiger partial charge is 0.261 e. The molecule has 0 N–H and O–H groups in total. The van der Waals surface area contributed by atoms with E-state index < -0.39 is 11.6 Å². The third kappa shape index (κ3) is 3.67. The highest BCUT2D eigenvalue weighted by atomic mass is 32.1. The van der Waals surface area contributed by atoms with Gasteiger partial charge in [-0.25, -0.2) is 13.8 Å². The Hall–Kier alpha value is -2.02. The molecule has 7 heteroatoms. The average Bonchev–Trinajstić information content (AvgIpc) is 3.08. The van der Waals surface area contributed by atoms with Crippen molar-refractivity contribution in [3.8, 4) is 5.75 Å². The van der Waals surface area contributed by atoms with Crippen LogP contribution in [0.2, 0.25) is 0 Å². The van der Waals surface area contributed by atoms with E-state index in [1.165, 1.54) is 17.4 Å². The van der Waals surface area contributed by atoms with E-state index in [2.05, 4.69) is 4.98 Å². The van der Waals surface area contributed by atoms with E-state index in [4.69, 9.17) is 4.74 Å². The summed E-state index contributed by atoms with van der Waals surface area (Å²) in [5, 5.41) is 2.79. The largest absolute Gasteiger partial charge is 0.481 e. The molecule has 0 spiro atoms. The summed E-state index contributed by atoms with van der Waals surface area (Å²) in [6, 6.07) is 2.98.